The Bertz CT molecular complexity index is 1080. The summed E-state index contributed by atoms with van der Waals surface area (Å²) in [5.74, 6) is 2.34. The van der Waals surface area contributed by atoms with Crippen molar-refractivity contribution in [1.82, 2.24) is 4.57 Å². The highest BCUT2D eigenvalue weighted by Gasteiger charge is 2.08. The first kappa shape index (κ1) is 19.6. The Balaban J connectivity index is 1.47. The molecule has 0 spiro atoms. The van der Waals surface area contributed by atoms with Crippen LogP contribution < -0.4 is 14.2 Å². The molecule has 0 saturated carbocycles. The van der Waals surface area contributed by atoms with Crippen LogP contribution in [-0.4, -0.2) is 18.8 Å². The zero-order chi connectivity index (χ0) is 20.8. The second-order valence-corrected chi connectivity index (χ2v) is 7.01. The number of rotatable bonds is 8. The van der Waals surface area contributed by atoms with E-state index in [0.29, 0.717) is 6.61 Å². The van der Waals surface area contributed by atoms with Crippen LogP contribution in [0.3, 0.4) is 0 Å². The predicted octanol–water partition coefficient (Wildman–Crippen LogP) is 5.80. The summed E-state index contributed by atoms with van der Waals surface area (Å²) in [6, 6.07) is 28.6. The second kappa shape index (κ2) is 9.23. The molecule has 4 heteroatoms. The van der Waals surface area contributed by atoms with Gasteiger partial charge in [-0.1, -0.05) is 36.4 Å². The molecule has 4 aromatic rings. The van der Waals surface area contributed by atoms with Crippen LogP contribution in [0.1, 0.15) is 11.1 Å². The summed E-state index contributed by atoms with van der Waals surface area (Å²) in [5, 5.41) is 0. The molecule has 0 aliphatic carbocycles. The van der Waals surface area contributed by atoms with E-state index in [1.165, 1.54) is 0 Å². The van der Waals surface area contributed by atoms with Crippen molar-refractivity contribution in [3.8, 4) is 28.5 Å². The SMILES string of the molecule is COc1ccc(Cn2cccc2-c2ccc(OCc3ccccc3)cc2)cc1OC. The first-order valence-corrected chi connectivity index (χ1v) is 9.90. The van der Waals surface area contributed by atoms with Gasteiger partial charge in [0, 0.05) is 18.4 Å². The van der Waals surface area contributed by atoms with E-state index in [4.69, 9.17) is 14.2 Å². The first-order chi connectivity index (χ1) is 14.8. The smallest absolute Gasteiger partial charge is 0.161 e. The molecule has 152 valence electrons. The van der Waals surface area contributed by atoms with Crippen LogP contribution in [0.5, 0.6) is 17.2 Å². The lowest BCUT2D eigenvalue weighted by molar-refractivity contribution is 0.306. The zero-order valence-corrected chi connectivity index (χ0v) is 17.2. The van der Waals surface area contributed by atoms with E-state index < -0.39 is 0 Å². The van der Waals surface area contributed by atoms with Crippen LogP contribution in [0, 0.1) is 0 Å². The van der Waals surface area contributed by atoms with Gasteiger partial charge in [-0.15, -0.1) is 0 Å². The standard InChI is InChI=1S/C26H25NO3/c1-28-25-15-10-21(17-26(25)29-2)18-27-16-6-9-24(27)22-11-13-23(14-12-22)30-19-20-7-4-3-5-8-20/h3-17H,18-19H2,1-2H3. The molecule has 0 saturated heterocycles. The minimum atomic E-state index is 0.565. The first-order valence-electron chi connectivity index (χ1n) is 9.90. The average molecular weight is 399 g/mol. The molecule has 0 unspecified atom stereocenters. The highest BCUT2D eigenvalue weighted by atomic mass is 16.5. The van der Waals surface area contributed by atoms with E-state index in [1.807, 2.05) is 42.5 Å². The third-order valence-corrected chi connectivity index (χ3v) is 5.03. The normalized spacial score (nSPS) is 10.6. The lowest BCUT2D eigenvalue weighted by Crippen LogP contribution is -2.01. The molecule has 4 nitrogen and oxygen atoms in total. The maximum Gasteiger partial charge on any atom is 0.161 e. The number of hydrogen-bond acceptors (Lipinski definition) is 3. The van der Waals surface area contributed by atoms with Crippen molar-refractivity contribution < 1.29 is 14.2 Å². The number of ether oxygens (including phenoxy) is 3. The zero-order valence-electron chi connectivity index (χ0n) is 17.2. The fourth-order valence-electron chi connectivity index (χ4n) is 3.45. The van der Waals surface area contributed by atoms with Gasteiger partial charge in [-0.05, 0) is 65.2 Å². The number of nitrogens with zero attached hydrogens (tertiary/aromatic N) is 1. The monoisotopic (exact) mass is 399 g/mol. The highest BCUT2D eigenvalue weighted by Crippen LogP contribution is 2.29. The molecule has 0 fully saturated rings. The Hall–Kier alpha value is -3.66. The van der Waals surface area contributed by atoms with Crippen LogP contribution in [0.2, 0.25) is 0 Å². The van der Waals surface area contributed by atoms with Crippen molar-refractivity contribution >= 4 is 0 Å². The van der Waals surface area contributed by atoms with Crippen LogP contribution in [0.15, 0.2) is 91.1 Å². The van der Waals surface area contributed by atoms with Crippen LogP contribution in [0.25, 0.3) is 11.3 Å². The maximum atomic E-state index is 5.91. The van der Waals surface area contributed by atoms with E-state index in [9.17, 15) is 0 Å². The topological polar surface area (TPSA) is 32.6 Å². The van der Waals surface area contributed by atoms with Gasteiger partial charge < -0.3 is 18.8 Å². The summed E-state index contributed by atoms with van der Waals surface area (Å²) in [6.07, 6.45) is 2.09. The fraction of sp³-hybridized carbons (Fsp3) is 0.154. The van der Waals surface area contributed by atoms with Gasteiger partial charge in [-0.25, -0.2) is 0 Å². The average Bonchev–Trinajstić information content (AvgIpc) is 3.26. The van der Waals surface area contributed by atoms with Crippen LogP contribution >= 0.6 is 0 Å². The number of methoxy groups -OCH3 is 2. The van der Waals surface area contributed by atoms with Crippen LogP contribution in [0.4, 0.5) is 0 Å². The van der Waals surface area contributed by atoms with Crippen molar-refractivity contribution in [2.24, 2.45) is 0 Å². The van der Waals surface area contributed by atoms with Gasteiger partial charge in [0.05, 0.1) is 14.2 Å². The van der Waals surface area contributed by atoms with Crippen molar-refractivity contribution in [1.29, 1.82) is 0 Å². The van der Waals surface area contributed by atoms with Gasteiger partial charge in [0.15, 0.2) is 11.5 Å². The van der Waals surface area contributed by atoms with Gasteiger partial charge in [-0.3, -0.25) is 0 Å². The van der Waals surface area contributed by atoms with Gasteiger partial charge in [0.25, 0.3) is 0 Å². The lowest BCUT2D eigenvalue weighted by atomic mass is 10.1. The van der Waals surface area contributed by atoms with E-state index in [-0.39, 0.29) is 0 Å². The Labute approximate surface area is 177 Å². The van der Waals surface area contributed by atoms with Crippen molar-refractivity contribution in [2.45, 2.75) is 13.2 Å². The molecule has 0 bridgehead atoms. The summed E-state index contributed by atoms with van der Waals surface area (Å²) in [7, 11) is 3.30. The van der Waals surface area contributed by atoms with E-state index in [2.05, 4.69) is 53.2 Å². The fourth-order valence-corrected chi connectivity index (χ4v) is 3.45. The molecule has 1 aromatic heterocycles. The number of aromatic nitrogens is 1. The summed E-state index contributed by atoms with van der Waals surface area (Å²) in [4.78, 5) is 0. The Morgan fingerprint density at radius 3 is 2.20 bits per heavy atom. The lowest BCUT2D eigenvalue weighted by Gasteiger charge is -2.13. The summed E-state index contributed by atoms with van der Waals surface area (Å²) in [5.41, 5.74) is 4.60. The third kappa shape index (κ3) is 4.49. The molecule has 0 aliphatic heterocycles. The molecule has 0 radical (unpaired) electrons. The second-order valence-electron chi connectivity index (χ2n) is 7.01. The minimum absolute atomic E-state index is 0.565. The molecule has 0 aliphatic rings. The van der Waals surface area contributed by atoms with E-state index in [1.54, 1.807) is 14.2 Å². The van der Waals surface area contributed by atoms with Gasteiger partial charge in [0.1, 0.15) is 12.4 Å². The van der Waals surface area contributed by atoms with Crippen LogP contribution in [-0.2, 0) is 13.2 Å². The van der Waals surface area contributed by atoms with Crippen molar-refractivity contribution in [2.75, 3.05) is 14.2 Å². The molecule has 0 amide bonds. The molecule has 1 heterocycles. The molecule has 3 aromatic carbocycles. The van der Waals surface area contributed by atoms with Gasteiger partial charge >= 0.3 is 0 Å². The quantitative estimate of drug-likeness (QED) is 0.375. The molecule has 4 rings (SSSR count). The molecular weight excluding hydrogens is 374 g/mol. The minimum Gasteiger partial charge on any atom is -0.493 e. The van der Waals surface area contributed by atoms with Gasteiger partial charge in [0.2, 0.25) is 0 Å². The summed E-state index contributed by atoms with van der Waals surface area (Å²) >= 11 is 0. The van der Waals surface area contributed by atoms with Gasteiger partial charge in [-0.2, -0.15) is 0 Å². The maximum absolute atomic E-state index is 5.91. The Morgan fingerprint density at radius 1 is 0.700 bits per heavy atom. The Morgan fingerprint density at radius 2 is 1.47 bits per heavy atom. The van der Waals surface area contributed by atoms with E-state index >= 15 is 0 Å². The van der Waals surface area contributed by atoms with Crippen molar-refractivity contribution in [3.05, 3.63) is 102 Å². The predicted molar refractivity (Wildman–Crippen MR) is 119 cm³/mol. The van der Waals surface area contributed by atoms with E-state index in [0.717, 1.165) is 46.2 Å². The molecular formula is C26H25NO3. The highest BCUT2D eigenvalue weighted by molar-refractivity contribution is 5.61. The third-order valence-electron chi connectivity index (χ3n) is 5.03. The summed E-state index contributed by atoms with van der Waals surface area (Å²) in [6.45, 7) is 1.31. The Kier molecular flexibility index (Phi) is 6.04. The number of hydrogen-bond donors (Lipinski definition) is 0. The number of benzene rings is 3. The largest absolute Gasteiger partial charge is 0.493 e. The molecule has 0 atom stereocenters. The summed E-state index contributed by atoms with van der Waals surface area (Å²) < 4.78 is 18.9. The molecule has 30 heavy (non-hydrogen) atoms. The van der Waals surface area contributed by atoms with Crippen molar-refractivity contribution in [3.63, 3.8) is 0 Å². The molecule has 0 N–H and O–H groups in total.